The molecule has 18 heavy (non-hydrogen) atoms. The summed E-state index contributed by atoms with van der Waals surface area (Å²) in [6, 6.07) is 4.66. The molecule has 0 saturated carbocycles. The maximum Gasteiger partial charge on any atom is 0.239 e. The first-order valence-corrected chi connectivity index (χ1v) is 6.61. The van der Waals surface area contributed by atoms with Gasteiger partial charge in [-0.15, -0.1) is 0 Å². The van der Waals surface area contributed by atoms with Gasteiger partial charge in [0.2, 0.25) is 5.91 Å². The molecule has 0 fully saturated rings. The average molecular weight is 289 g/mol. The Hall–Kier alpha value is -0.770. The van der Waals surface area contributed by atoms with Crippen molar-refractivity contribution in [2.24, 2.45) is 5.73 Å². The number of nitrogens with zero attached hydrogens (tertiary/aromatic N) is 1. The lowest BCUT2D eigenvalue weighted by Gasteiger charge is -2.28. The normalized spacial score (nSPS) is 14.1. The van der Waals surface area contributed by atoms with Crippen LogP contribution >= 0.6 is 23.2 Å². The van der Waals surface area contributed by atoms with Crippen LogP contribution in [0.4, 0.5) is 0 Å². The van der Waals surface area contributed by atoms with E-state index in [1.165, 1.54) is 0 Å². The van der Waals surface area contributed by atoms with Crippen LogP contribution in [-0.4, -0.2) is 23.9 Å². The Morgan fingerprint density at radius 3 is 2.56 bits per heavy atom. The molecule has 0 saturated heterocycles. The fourth-order valence-electron chi connectivity index (χ4n) is 1.68. The molecule has 0 bridgehead atoms. The van der Waals surface area contributed by atoms with E-state index in [0.717, 1.165) is 5.56 Å². The summed E-state index contributed by atoms with van der Waals surface area (Å²) in [5, 5.41) is 1.13. The Morgan fingerprint density at radius 2 is 2.06 bits per heavy atom. The van der Waals surface area contributed by atoms with E-state index in [0.29, 0.717) is 16.5 Å². The smallest absolute Gasteiger partial charge is 0.239 e. The fourth-order valence-corrected chi connectivity index (χ4v) is 2.24. The van der Waals surface area contributed by atoms with E-state index >= 15 is 0 Å². The maximum atomic E-state index is 12.0. The fraction of sp³-hybridized carbons (Fsp3) is 0.462. The van der Waals surface area contributed by atoms with E-state index in [-0.39, 0.29) is 11.9 Å². The maximum absolute atomic E-state index is 12.0. The van der Waals surface area contributed by atoms with Gasteiger partial charge in [0.15, 0.2) is 0 Å². The summed E-state index contributed by atoms with van der Waals surface area (Å²) in [5.41, 5.74) is 6.61. The summed E-state index contributed by atoms with van der Waals surface area (Å²) in [5.74, 6) is -0.0870. The minimum absolute atomic E-state index is 0.0870. The number of likely N-dealkylation sites (N-methyl/N-ethyl adjacent to an activating group) is 1. The van der Waals surface area contributed by atoms with Gasteiger partial charge in [0.25, 0.3) is 0 Å². The van der Waals surface area contributed by atoms with Crippen molar-refractivity contribution in [1.29, 1.82) is 0 Å². The molecule has 1 amide bonds. The van der Waals surface area contributed by atoms with Gasteiger partial charge in [-0.1, -0.05) is 36.2 Å². The monoisotopic (exact) mass is 288 g/mol. The third-order valence-electron chi connectivity index (χ3n) is 3.10. The lowest BCUT2D eigenvalue weighted by Crippen LogP contribution is -2.42. The lowest BCUT2D eigenvalue weighted by atomic mass is 10.1. The summed E-state index contributed by atoms with van der Waals surface area (Å²) in [6.07, 6.45) is 0.615. The first-order chi connectivity index (χ1) is 8.38. The van der Waals surface area contributed by atoms with E-state index in [4.69, 9.17) is 28.9 Å². The van der Waals surface area contributed by atoms with Crippen molar-refractivity contribution < 1.29 is 4.79 Å². The molecular weight excluding hydrogens is 271 g/mol. The number of hydrogen-bond donors (Lipinski definition) is 1. The number of benzene rings is 1. The molecule has 0 radical (unpaired) electrons. The first kappa shape index (κ1) is 15.3. The molecule has 0 aliphatic heterocycles. The second kappa shape index (κ2) is 6.41. The van der Waals surface area contributed by atoms with Crippen molar-refractivity contribution in [2.45, 2.75) is 32.4 Å². The topological polar surface area (TPSA) is 46.3 Å². The standard InChI is InChI=1S/C13H18Cl2N2O/c1-4-12(16)13(18)17(3)8(2)10-6-5-9(14)7-11(10)15/h5-8,12H,4,16H2,1-3H3. The molecule has 1 aromatic rings. The third kappa shape index (κ3) is 3.37. The van der Waals surface area contributed by atoms with Gasteiger partial charge in [0.05, 0.1) is 12.1 Å². The Kier molecular flexibility index (Phi) is 5.45. The zero-order valence-corrected chi connectivity index (χ0v) is 12.3. The molecule has 3 nitrogen and oxygen atoms in total. The van der Waals surface area contributed by atoms with E-state index in [1.54, 1.807) is 24.1 Å². The molecule has 0 aliphatic carbocycles. The predicted molar refractivity (Wildman–Crippen MR) is 75.9 cm³/mol. The quantitative estimate of drug-likeness (QED) is 0.924. The molecule has 2 N–H and O–H groups in total. The van der Waals surface area contributed by atoms with E-state index in [2.05, 4.69) is 0 Å². The Morgan fingerprint density at radius 1 is 1.44 bits per heavy atom. The highest BCUT2D eigenvalue weighted by Gasteiger charge is 2.23. The molecule has 2 atom stereocenters. The van der Waals surface area contributed by atoms with Crippen molar-refractivity contribution in [1.82, 2.24) is 4.90 Å². The molecule has 0 aliphatic rings. The van der Waals surface area contributed by atoms with Crippen molar-refractivity contribution >= 4 is 29.1 Å². The lowest BCUT2D eigenvalue weighted by molar-refractivity contribution is -0.133. The summed E-state index contributed by atoms with van der Waals surface area (Å²) < 4.78 is 0. The zero-order chi connectivity index (χ0) is 13.9. The molecule has 1 rings (SSSR count). The minimum atomic E-state index is -0.469. The van der Waals surface area contributed by atoms with Crippen LogP contribution in [0.5, 0.6) is 0 Å². The molecule has 0 spiro atoms. The Labute approximate surface area is 118 Å². The molecular formula is C13H18Cl2N2O. The van der Waals surface area contributed by atoms with Gasteiger partial charge in [0, 0.05) is 17.1 Å². The van der Waals surface area contributed by atoms with E-state index < -0.39 is 6.04 Å². The summed E-state index contributed by atoms with van der Waals surface area (Å²) in [7, 11) is 1.73. The van der Waals surface area contributed by atoms with Crippen molar-refractivity contribution in [3.63, 3.8) is 0 Å². The Bertz CT molecular complexity index is 437. The van der Waals surface area contributed by atoms with Gasteiger partial charge in [-0.3, -0.25) is 4.79 Å². The van der Waals surface area contributed by atoms with Crippen LogP contribution < -0.4 is 5.73 Å². The van der Waals surface area contributed by atoms with Crippen LogP contribution in [0.3, 0.4) is 0 Å². The van der Waals surface area contributed by atoms with Crippen molar-refractivity contribution in [3.8, 4) is 0 Å². The zero-order valence-electron chi connectivity index (χ0n) is 10.8. The molecule has 0 heterocycles. The van der Waals surface area contributed by atoms with Crippen LogP contribution in [0.15, 0.2) is 18.2 Å². The van der Waals surface area contributed by atoms with Crippen LogP contribution in [0.2, 0.25) is 10.0 Å². The predicted octanol–water partition coefficient (Wildman–Crippen LogP) is 3.25. The summed E-state index contributed by atoms with van der Waals surface area (Å²) in [6.45, 7) is 3.80. The van der Waals surface area contributed by atoms with Crippen molar-refractivity contribution in [3.05, 3.63) is 33.8 Å². The van der Waals surface area contributed by atoms with Crippen LogP contribution in [0.25, 0.3) is 0 Å². The van der Waals surface area contributed by atoms with Gasteiger partial charge < -0.3 is 10.6 Å². The average Bonchev–Trinajstić information content (AvgIpc) is 2.35. The molecule has 2 unspecified atom stereocenters. The van der Waals surface area contributed by atoms with E-state index in [1.807, 2.05) is 19.9 Å². The number of carbonyl (C=O) groups excluding carboxylic acids is 1. The van der Waals surface area contributed by atoms with Crippen LogP contribution in [0, 0.1) is 0 Å². The minimum Gasteiger partial charge on any atom is -0.338 e. The van der Waals surface area contributed by atoms with Crippen LogP contribution in [-0.2, 0) is 4.79 Å². The highest BCUT2D eigenvalue weighted by Crippen LogP contribution is 2.29. The first-order valence-electron chi connectivity index (χ1n) is 5.85. The molecule has 1 aromatic carbocycles. The highest BCUT2D eigenvalue weighted by atomic mass is 35.5. The van der Waals surface area contributed by atoms with Gasteiger partial charge in [-0.05, 0) is 31.0 Å². The summed E-state index contributed by atoms with van der Waals surface area (Å²) in [4.78, 5) is 13.6. The highest BCUT2D eigenvalue weighted by molar-refractivity contribution is 6.35. The number of hydrogen-bond acceptors (Lipinski definition) is 2. The SMILES string of the molecule is CCC(N)C(=O)N(C)C(C)c1ccc(Cl)cc1Cl. The third-order valence-corrected chi connectivity index (χ3v) is 3.66. The number of amides is 1. The second-order valence-corrected chi connectivity index (χ2v) is 5.15. The van der Waals surface area contributed by atoms with Gasteiger partial charge >= 0.3 is 0 Å². The number of nitrogens with two attached hydrogens (primary N) is 1. The van der Waals surface area contributed by atoms with Crippen molar-refractivity contribution in [2.75, 3.05) is 7.05 Å². The largest absolute Gasteiger partial charge is 0.338 e. The van der Waals surface area contributed by atoms with Crippen LogP contribution in [0.1, 0.15) is 31.9 Å². The second-order valence-electron chi connectivity index (χ2n) is 4.31. The van der Waals surface area contributed by atoms with Gasteiger partial charge in [-0.2, -0.15) is 0 Å². The molecule has 5 heteroatoms. The number of rotatable bonds is 4. The molecule has 0 aromatic heterocycles. The number of carbonyl (C=O) groups is 1. The molecule has 100 valence electrons. The summed E-state index contributed by atoms with van der Waals surface area (Å²) >= 11 is 12.0. The Balaban J connectivity index is 2.92. The van der Waals surface area contributed by atoms with E-state index in [9.17, 15) is 4.79 Å². The number of halogens is 2. The van der Waals surface area contributed by atoms with Gasteiger partial charge in [-0.25, -0.2) is 0 Å². The van der Waals surface area contributed by atoms with Gasteiger partial charge in [0.1, 0.15) is 0 Å².